The molecule has 148 valence electrons. The Kier molecular flexibility index (Phi) is 6.04. The first kappa shape index (κ1) is 21.0. The van der Waals surface area contributed by atoms with Gasteiger partial charge in [0.15, 0.2) is 17.5 Å². The second-order valence-corrected chi connectivity index (χ2v) is 7.25. The molecule has 27 heavy (non-hydrogen) atoms. The maximum absolute atomic E-state index is 12.8. The normalized spacial score (nSPS) is 34.8. The lowest BCUT2D eigenvalue weighted by Gasteiger charge is -2.38. The van der Waals surface area contributed by atoms with E-state index in [1.807, 2.05) is 0 Å². The summed E-state index contributed by atoms with van der Waals surface area (Å²) < 4.78 is 10.8. The predicted molar refractivity (Wildman–Crippen MR) is 95.4 cm³/mol. The van der Waals surface area contributed by atoms with Crippen LogP contribution in [-0.4, -0.2) is 46.4 Å². The van der Waals surface area contributed by atoms with Crippen LogP contribution in [0.3, 0.4) is 0 Å². The van der Waals surface area contributed by atoms with Crippen LogP contribution >= 0.6 is 0 Å². The molecule has 0 aromatic carbocycles. The van der Waals surface area contributed by atoms with Crippen molar-refractivity contribution in [2.75, 3.05) is 0 Å². The van der Waals surface area contributed by atoms with Gasteiger partial charge in [-0.2, -0.15) is 0 Å². The molecule has 0 aromatic heterocycles. The zero-order valence-electron chi connectivity index (χ0n) is 16.1. The fourth-order valence-electron chi connectivity index (χ4n) is 3.48. The molecule has 2 fully saturated rings. The molecule has 1 aliphatic carbocycles. The van der Waals surface area contributed by atoms with Crippen LogP contribution in [-0.2, 0) is 28.7 Å². The molecule has 7 nitrogen and oxygen atoms in total. The van der Waals surface area contributed by atoms with Crippen LogP contribution in [0, 0.1) is 17.8 Å². The second kappa shape index (κ2) is 7.76. The first-order chi connectivity index (χ1) is 12.6. The zero-order chi connectivity index (χ0) is 20.5. The number of ketones is 2. The highest BCUT2D eigenvalue weighted by Crippen LogP contribution is 2.43. The van der Waals surface area contributed by atoms with Gasteiger partial charge in [0.1, 0.15) is 11.9 Å². The molecule has 6 atom stereocenters. The monoisotopic (exact) mass is 378 g/mol. The molecule has 0 radical (unpaired) electrons. The SMILES string of the molecule is C=C1C(=O)O[C@@H]2[C@@H]1CC(=O)[C@H](C)[C@@](O)(C(=O)/C=C/C)[C@H]2OC(=O)[C@H](C)CC. The first-order valence-corrected chi connectivity index (χ1v) is 9.11. The van der Waals surface area contributed by atoms with Crippen LogP contribution < -0.4 is 0 Å². The van der Waals surface area contributed by atoms with Crippen molar-refractivity contribution >= 4 is 23.5 Å². The highest BCUT2D eigenvalue weighted by molar-refractivity contribution is 6.03. The van der Waals surface area contributed by atoms with E-state index in [1.165, 1.54) is 13.0 Å². The van der Waals surface area contributed by atoms with Gasteiger partial charge in [-0.05, 0) is 19.4 Å². The average molecular weight is 378 g/mol. The van der Waals surface area contributed by atoms with E-state index in [4.69, 9.17) is 9.47 Å². The number of fused-ring (bicyclic) bond motifs is 1. The van der Waals surface area contributed by atoms with Gasteiger partial charge < -0.3 is 14.6 Å². The lowest BCUT2D eigenvalue weighted by molar-refractivity contribution is -0.197. The van der Waals surface area contributed by atoms with Gasteiger partial charge in [-0.15, -0.1) is 0 Å². The van der Waals surface area contributed by atoms with E-state index in [-0.39, 0.29) is 12.0 Å². The minimum atomic E-state index is -2.34. The van der Waals surface area contributed by atoms with Gasteiger partial charge in [0.25, 0.3) is 0 Å². The summed E-state index contributed by atoms with van der Waals surface area (Å²) in [4.78, 5) is 49.9. The van der Waals surface area contributed by atoms with Gasteiger partial charge in [-0.1, -0.05) is 33.4 Å². The highest BCUT2D eigenvalue weighted by Gasteiger charge is 2.62. The van der Waals surface area contributed by atoms with E-state index in [0.29, 0.717) is 6.42 Å². The van der Waals surface area contributed by atoms with Crippen molar-refractivity contribution in [2.45, 2.75) is 58.3 Å². The van der Waals surface area contributed by atoms with Crippen LogP contribution in [0.4, 0.5) is 0 Å². The molecule has 0 aromatic rings. The smallest absolute Gasteiger partial charge is 0.334 e. The molecule has 1 saturated heterocycles. The van der Waals surface area contributed by atoms with Gasteiger partial charge in [0.2, 0.25) is 0 Å². The predicted octanol–water partition coefficient (Wildman–Crippen LogP) is 1.53. The molecule has 2 rings (SSSR count). The van der Waals surface area contributed by atoms with Gasteiger partial charge in [-0.25, -0.2) is 4.79 Å². The number of hydrogen-bond donors (Lipinski definition) is 1. The van der Waals surface area contributed by atoms with Crippen LogP contribution in [0.5, 0.6) is 0 Å². The molecular weight excluding hydrogens is 352 g/mol. The summed E-state index contributed by atoms with van der Waals surface area (Å²) in [5.41, 5.74) is -2.26. The zero-order valence-corrected chi connectivity index (χ0v) is 16.1. The van der Waals surface area contributed by atoms with Crippen molar-refractivity contribution in [3.05, 3.63) is 24.3 Å². The van der Waals surface area contributed by atoms with Crippen molar-refractivity contribution in [1.82, 2.24) is 0 Å². The Morgan fingerprint density at radius 3 is 2.63 bits per heavy atom. The number of Topliss-reactive ketones (excluding diaryl/α,β-unsaturated/α-hetero) is 1. The number of ether oxygens (including phenoxy) is 2. The number of carbonyl (C=O) groups excluding carboxylic acids is 4. The van der Waals surface area contributed by atoms with Gasteiger partial charge in [0.05, 0.1) is 11.8 Å². The molecule has 1 heterocycles. The van der Waals surface area contributed by atoms with Crippen molar-refractivity contribution in [1.29, 1.82) is 0 Å². The molecule has 1 aliphatic heterocycles. The summed E-state index contributed by atoms with van der Waals surface area (Å²) in [5, 5.41) is 11.4. The van der Waals surface area contributed by atoms with Crippen molar-refractivity contribution in [2.24, 2.45) is 17.8 Å². The third kappa shape index (κ3) is 3.48. The van der Waals surface area contributed by atoms with Gasteiger partial charge in [-0.3, -0.25) is 14.4 Å². The fraction of sp³-hybridized carbons (Fsp3) is 0.600. The summed E-state index contributed by atoms with van der Waals surface area (Å²) >= 11 is 0. The number of esters is 2. The fourth-order valence-corrected chi connectivity index (χ4v) is 3.48. The molecule has 0 amide bonds. The van der Waals surface area contributed by atoms with Crippen LogP contribution in [0.2, 0.25) is 0 Å². The summed E-state index contributed by atoms with van der Waals surface area (Å²) in [5.74, 6) is -4.95. The Morgan fingerprint density at radius 1 is 1.44 bits per heavy atom. The summed E-state index contributed by atoms with van der Waals surface area (Å²) in [7, 11) is 0. The van der Waals surface area contributed by atoms with E-state index in [0.717, 1.165) is 6.08 Å². The largest absolute Gasteiger partial charge is 0.455 e. The lowest BCUT2D eigenvalue weighted by Crippen LogP contribution is -2.60. The maximum atomic E-state index is 12.8. The van der Waals surface area contributed by atoms with Crippen molar-refractivity contribution in [3.63, 3.8) is 0 Å². The molecule has 7 heteroatoms. The third-order valence-electron chi connectivity index (χ3n) is 5.62. The van der Waals surface area contributed by atoms with E-state index >= 15 is 0 Å². The topological polar surface area (TPSA) is 107 Å². The Morgan fingerprint density at radius 2 is 2.07 bits per heavy atom. The first-order valence-electron chi connectivity index (χ1n) is 9.11. The van der Waals surface area contributed by atoms with Crippen molar-refractivity contribution < 1.29 is 33.8 Å². The van der Waals surface area contributed by atoms with E-state index in [9.17, 15) is 24.3 Å². The molecule has 0 spiro atoms. The van der Waals surface area contributed by atoms with E-state index in [1.54, 1.807) is 20.8 Å². The minimum Gasteiger partial charge on any atom is -0.455 e. The molecule has 0 bridgehead atoms. The van der Waals surface area contributed by atoms with Crippen LogP contribution in [0.25, 0.3) is 0 Å². The molecule has 2 aliphatic rings. The van der Waals surface area contributed by atoms with Gasteiger partial charge >= 0.3 is 11.9 Å². The number of carbonyl (C=O) groups is 4. The summed E-state index contributed by atoms with van der Waals surface area (Å²) in [6.45, 7) is 10.1. The molecule has 1 saturated carbocycles. The molecular formula is C20H26O7. The lowest BCUT2D eigenvalue weighted by atomic mass is 9.77. The number of rotatable bonds is 5. The number of allylic oxidation sites excluding steroid dienone is 1. The summed E-state index contributed by atoms with van der Waals surface area (Å²) in [6.07, 6.45) is 0.261. The second-order valence-electron chi connectivity index (χ2n) is 7.25. The maximum Gasteiger partial charge on any atom is 0.334 e. The van der Waals surface area contributed by atoms with E-state index in [2.05, 4.69) is 6.58 Å². The highest BCUT2D eigenvalue weighted by atomic mass is 16.6. The molecule has 0 unspecified atom stereocenters. The van der Waals surface area contributed by atoms with Gasteiger partial charge in [0, 0.05) is 17.9 Å². The minimum absolute atomic E-state index is 0.0767. The quantitative estimate of drug-likeness (QED) is 0.571. The van der Waals surface area contributed by atoms with Crippen LogP contribution in [0.15, 0.2) is 24.3 Å². The Bertz CT molecular complexity index is 707. The Labute approximate surface area is 158 Å². The average Bonchev–Trinajstić information content (AvgIpc) is 2.87. The number of hydrogen-bond acceptors (Lipinski definition) is 7. The Balaban J connectivity index is 2.59. The Hall–Kier alpha value is -2.28. The number of aliphatic hydroxyl groups is 1. The standard InChI is InChI=1S/C20H26O7/c1-6-8-15(22)20(25)12(5)14(21)9-13-11(4)19(24)26-16(13)17(20)27-18(23)10(3)7-2/h6,8,10,12-13,16-17,25H,4,7,9H2,1-3,5H3/b8-6+/t10-,12+,13-,16-,17+,20-/m1/s1. The van der Waals surface area contributed by atoms with Crippen LogP contribution in [0.1, 0.15) is 40.5 Å². The third-order valence-corrected chi connectivity index (χ3v) is 5.62. The van der Waals surface area contributed by atoms with E-state index < -0.39 is 59.1 Å². The molecule has 1 N–H and O–H groups in total. The van der Waals surface area contributed by atoms with Crippen molar-refractivity contribution in [3.8, 4) is 0 Å². The summed E-state index contributed by atoms with van der Waals surface area (Å²) in [6, 6.07) is 0.